The second kappa shape index (κ2) is 6.81. The van der Waals surface area contributed by atoms with Gasteiger partial charge in [0, 0.05) is 23.2 Å². The van der Waals surface area contributed by atoms with Crippen molar-refractivity contribution in [1.82, 2.24) is 10.3 Å². The average Bonchev–Trinajstić information content (AvgIpc) is 3.22. The first kappa shape index (κ1) is 17.2. The van der Waals surface area contributed by atoms with Gasteiger partial charge in [0.2, 0.25) is 5.69 Å². The van der Waals surface area contributed by atoms with Crippen LogP contribution in [0.4, 0.5) is 5.69 Å². The number of ketones is 1. The summed E-state index contributed by atoms with van der Waals surface area (Å²) in [6, 6.07) is 12.8. The minimum absolute atomic E-state index is 0.131. The number of aromatic amines is 1. The number of nitrogens with two attached hydrogens (primary N) is 1. The Morgan fingerprint density at radius 3 is 2.78 bits per heavy atom. The van der Waals surface area contributed by atoms with Crippen LogP contribution in [0.1, 0.15) is 34.4 Å². The van der Waals surface area contributed by atoms with E-state index in [4.69, 9.17) is 10.3 Å². The molecule has 7 nitrogen and oxygen atoms in total. The maximum atomic E-state index is 13.1. The maximum absolute atomic E-state index is 13.1. The minimum Gasteiger partial charge on any atom is -0.397 e. The van der Waals surface area contributed by atoms with E-state index in [1.165, 1.54) is 16.0 Å². The van der Waals surface area contributed by atoms with Crippen LogP contribution in [0.2, 0.25) is 0 Å². The lowest BCUT2D eigenvalue weighted by molar-refractivity contribution is -0.672. The molecule has 0 radical (unpaired) electrons. The van der Waals surface area contributed by atoms with Gasteiger partial charge in [0.05, 0.1) is 5.69 Å². The quantitative estimate of drug-likeness (QED) is 0.408. The largest absolute Gasteiger partial charge is 0.439 e. The van der Waals surface area contributed by atoms with Crippen molar-refractivity contribution in [2.75, 3.05) is 5.73 Å². The third-order valence-corrected chi connectivity index (χ3v) is 5.35. The Labute approximate surface area is 158 Å². The van der Waals surface area contributed by atoms with Crippen molar-refractivity contribution in [3.8, 4) is 5.69 Å². The number of pyridine rings is 1. The van der Waals surface area contributed by atoms with Gasteiger partial charge in [-0.1, -0.05) is 31.5 Å². The molecule has 0 amide bonds. The lowest BCUT2D eigenvalue weighted by Crippen LogP contribution is -2.41. The van der Waals surface area contributed by atoms with E-state index in [1.54, 1.807) is 24.3 Å². The van der Waals surface area contributed by atoms with Crippen molar-refractivity contribution in [1.29, 1.82) is 0 Å². The molecule has 0 spiro atoms. The monoisotopic (exact) mass is 381 g/mol. The molecule has 1 aromatic carbocycles. The van der Waals surface area contributed by atoms with Crippen LogP contribution in [-0.2, 0) is 6.42 Å². The van der Waals surface area contributed by atoms with Gasteiger partial charge in [-0.3, -0.25) is 9.32 Å². The molecule has 0 aliphatic carbocycles. The molecule has 0 bridgehead atoms. The van der Waals surface area contributed by atoms with E-state index in [9.17, 15) is 9.59 Å². The third kappa shape index (κ3) is 2.93. The van der Waals surface area contributed by atoms with Crippen molar-refractivity contribution >= 4 is 33.0 Å². The van der Waals surface area contributed by atoms with Crippen LogP contribution in [-0.4, -0.2) is 16.0 Å². The van der Waals surface area contributed by atoms with Crippen molar-refractivity contribution in [2.45, 2.75) is 19.8 Å². The Morgan fingerprint density at radius 1 is 1.26 bits per heavy atom. The van der Waals surface area contributed by atoms with E-state index in [0.29, 0.717) is 16.2 Å². The summed E-state index contributed by atoms with van der Waals surface area (Å²) >= 11 is 1.19. The Morgan fingerprint density at radius 2 is 2.04 bits per heavy atom. The predicted molar refractivity (Wildman–Crippen MR) is 102 cm³/mol. The molecule has 8 heteroatoms. The molecular weight excluding hydrogens is 364 g/mol. The molecule has 0 aliphatic rings. The van der Waals surface area contributed by atoms with Gasteiger partial charge in [-0.05, 0) is 28.5 Å². The highest BCUT2D eigenvalue weighted by atomic mass is 32.1. The van der Waals surface area contributed by atoms with Crippen LogP contribution in [0.25, 0.3) is 15.9 Å². The molecule has 0 atom stereocenters. The molecule has 4 aromatic rings. The summed E-state index contributed by atoms with van der Waals surface area (Å²) in [5.41, 5.74) is 7.21. The number of hydrogen-bond donors (Lipinski definition) is 2. The van der Waals surface area contributed by atoms with Crippen LogP contribution in [0.5, 0.6) is 0 Å². The number of rotatable bonds is 5. The number of nitrogens with one attached hydrogen (secondary N) is 1. The molecule has 0 aliphatic heterocycles. The third-order valence-electron chi connectivity index (χ3n) is 4.24. The Bertz CT molecular complexity index is 1190. The van der Waals surface area contributed by atoms with E-state index in [1.807, 2.05) is 18.2 Å². The van der Waals surface area contributed by atoms with Gasteiger partial charge in [-0.25, -0.2) is 9.78 Å². The number of anilines is 1. The van der Waals surface area contributed by atoms with E-state index in [0.717, 1.165) is 23.9 Å². The molecule has 0 fully saturated rings. The molecule has 3 aromatic heterocycles. The van der Waals surface area contributed by atoms with Gasteiger partial charge in [-0.15, -0.1) is 11.3 Å². The number of benzene rings is 1. The Balaban J connectivity index is 1.84. The maximum Gasteiger partial charge on any atom is 0.439 e. The first-order valence-corrected chi connectivity index (χ1v) is 9.33. The Kier molecular flexibility index (Phi) is 4.33. The van der Waals surface area contributed by atoms with Gasteiger partial charge in [0.15, 0.2) is 0 Å². The highest BCUT2D eigenvalue weighted by Crippen LogP contribution is 2.33. The number of aromatic nitrogens is 3. The SMILES string of the molecule is CCCc1ccc2c(N)c(C(=O)c3c(=O)o[nH][n+]3-c3ccccc3)sc2n1. The number of nitrogens with zero attached hydrogens (tertiary/aromatic N) is 2. The second-order valence-electron chi connectivity index (χ2n) is 6.08. The van der Waals surface area contributed by atoms with Crippen LogP contribution in [0.15, 0.2) is 51.8 Å². The van der Waals surface area contributed by atoms with E-state index < -0.39 is 11.4 Å². The number of fused-ring (bicyclic) bond motifs is 1. The summed E-state index contributed by atoms with van der Waals surface area (Å²) in [4.78, 5) is 30.9. The molecule has 4 rings (SSSR count). The highest BCUT2D eigenvalue weighted by molar-refractivity contribution is 7.21. The molecular formula is C19H17N4O3S+. The number of carbonyl (C=O) groups excluding carboxylic acids is 1. The first-order valence-electron chi connectivity index (χ1n) is 8.51. The zero-order chi connectivity index (χ0) is 19.0. The van der Waals surface area contributed by atoms with Gasteiger partial charge < -0.3 is 5.73 Å². The smallest absolute Gasteiger partial charge is 0.397 e. The molecule has 3 N–H and O–H groups in total. The molecule has 27 heavy (non-hydrogen) atoms. The van der Waals surface area contributed by atoms with Crippen LogP contribution >= 0.6 is 11.3 Å². The minimum atomic E-state index is -0.750. The van der Waals surface area contributed by atoms with E-state index >= 15 is 0 Å². The standard InChI is InChI=1S/C19H16N4O3S/c1-2-6-11-9-10-13-14(20)17(27-18(13)21-11)16(24)15-19(25)26-22-23(15)12-7-4-3-5-8-12/h3-5,7-10H,2,6H2,1H3,(H2-,20,22,24,25)/p+1. The van der Waals surface area contributed by atoms with Gasteiger partial charge in [0.25, 0.3) is 5.78 Å². The number of hydrogen-bond acceptors (Lipinski definition) is 6. The number of H-pyrrole nitrogens is 1. The summed E-state index contributed by atoms with van der Waals surface area (Å²) in [5, 5.41) is 3.19. The van der Waals surface area contributed by atoms with Gasteiger partial charge >= 0.3 is 11.3 Å². The summed E-state index contributed by atoms with van der Waals surface area (Å²) < 4.78 is 6.19. The van der Waals surface area contributed by atoms with Crippen molar-refractivity contribution in [3.05, 3.63) is 69.1 Å². The summed E-state index contributed by atoms with van der Waals surface area (Å²) in [6.45, 7) is 2.08. The van der Waals surface area contributed by atoms with Crippen LogP contribution < -0.4 is 16.0 Å². The first-order chi connectivity index (χ1) is 13.1. The molecule has 3 heterocycles. The zero-order valence-electron chi connectivity index (χ0n) is 14.6. The average molecular weight is 381 g/mol. The lowest BCUT2D eigenvalue weighted by atomic mass is 10.1. The van der Waals surface area contributed by atoms with Crippen molar-refractivity contribution in [3.63, 3.8) is 0 Å². The van der Waals surface area contributed by atoms with Crippen molar-refractivity contribution < 1.29 is 14.0 Å². The molecule has 136 valence electrons. The van der Waals surface area contributed by atoms with E-state index in [-0.39, 0.29) is 10.6 Å². The normalized spacial score (nSPS) is 11.1. The van der Waals surface area contributed by atoms with E-state index in [2.05, 4.69) is 17.2 Å². The number of para-hydroxylation sites is 1. The fraction of sp³-hybridized carbons (Fsp3) is 0.158. The number of thiophene rings is 1. The topological polar surface area (TPSA) is 106 Å². The predicted octanol–water partition coefficient (Wildman–Crippen LogP) is 2.62. The lowest BCUT2D eigenvalue weighted by Gasteiger charge is -1.97. The zero-order valence-corrected chi connectivity index (χ0v) is 15.4. The molecule has 0 saturated carbocycles. The number of aryl methyl sites for hydroxylation is 1. The molecule has 0 saturated heterocycles. The van der Waals surface area contributed by atoms with Crippen LogP contribution in [0, 0.1) is 0 Å². The summed E-state index contributed by atoms with van der Waals surface area (Å²) in [5.74, 6) is -0.494. The van der Waals surface area contributed by atoms with Crippen LogP contribution in [0.3, 0.4) is 0 Å². The fourth-order valence-electron chi connectivity index (χ4n) is 2.93. The van der Waals surface area contributed by atoms with Crippen molar-refractivity contribution in [2.24, 2.45) is 0 Å². The number of carbonyl (C=O) groups is 1. The number of nitrogen functional groups attached to an aromatic ring is 1. The second-order valence-corrected chi connectivity index (χ2v) is 7.08. The highest BCUT2D eigenvalue weighted by Gasteiger charge is 2.34. The van der Waals surface area contributed by atoms with Gasteiger partial charge in [0.1, 0.15) is 9.71 Å². The fourth-order valence-corrected chi connectivity index (χ4v) is 3.99. The summed E-state index contributed by atoms with van der Waals surface area (Å²) in [6.07, 6.45) is 1.83. The Hall–Kier alpha value is -3.26. The van der Waals surface area contributed by atoms with Gasteiger partial charge in [-0.2, -0.15) is 0 Å². The summed E-state index contributed by atoms with van der Waals surface area (Å²) in [7, 11) is 0. The molecule has 0 unspecified atom stereocenters.